The monoisotopic (exact) mass is 462 g/mol. The lowest BCUT2D eigenvalue weighted by molar-refractivity contribution is -0.120. The number of rotatable bonds is 6. The molecule has 3 aromatic rings. The summed E-state index contributed by atoms with van der Waals surface area (Å²) < 4.78 is 6.37. The molecule has 5 nitrogen and oxygen atoms in total. The van der Waals surface area contributed by atoms with E-state index < -0.39 is 5.91 Å². The summed E-state index contributed by atoms with van der Waals surface area (Å²) in [5.41, 5.74) is 2.45. The van der Waals surface area contributed by atoms with E-state index in [9.17, 15) is 9.59 Å². The molecular weight excluding hydrogens is 444 g/mol. The van der Waals surface area contributed by atoms with Crippen LogP contribution in [0.15, 0.2) is 89.0 Å². The van der Waals surface area contributed by atoms with Crippen LogP contribution in [0.2, 0.25) is 0 Å². The van der Waals surface area contributed by atoms with Gasteiger partial charge in [-0.1, -0.05) is 52.3 Å². The van der Waals surface area contributed by atoms with Crippen LogP contribution >= 0.6 is 15.9 Å². The van der Waals surface area contributed by atoms with E-state index in [1.807, 2.05) is 37.3 Å². The van der Waals surface area contributed by atoms with Crippen molar-refractivity contribution in [1.82, 2.24) is 0 Å². The van der Waals surface area contributed by atoms with Gasteiger partial charge in [-0.15, -0.1) is 0 Å². The maximum absolute atomic E-state index is 13.4. The number of nitrogens with zero attached hydrogens (tertiary/aromatic N) is 1. The largest absolute Gasteiger partial charge is 0.494 e. The molecular formula is C24H19BrN2O3. The lowest BCUT2D eigenvalue weighted by atomic mass is 10.0. The number of halogens is 1. The van der Waals surface area contributed by atoms with Gasteiger partial charge in [-0.25, -0.2) is 4.90 Å². The van der Waals surface area contributed by atoms with Crippen LogP contribution in [0.25, 0.3) is 5.57 Å². The summed E-state index contributed by atoms with van der Waals surface area (Å²) >= 11 is 3.44. The van der Waals surface area contributed by atoms with E-state index in [2.05, 4.69) is 21.2 Å². The van der Waals surface area contributed by atoms with E-state index in [1.54, 1.807) is 48.5 Å². The van der Waals surface area contributed by atoms with Crippen molar-refractivity contribution in [2.75, 3.05) is 16.8 Å². The summed E-state index contributed by atoms with van der Waals surface area (Å²) in [6.07, 6.45) is 0. The van der Waals surface area contributed by atoms with Gasteiger partial charge in [-0.3, -0.25) is 9.59 Å². The fourth-order valence-electron chi connectivity index (χ4n) is 3.32. The smallest absolute Gasteiger partial charge is 0.282 e. The van der Waals surface area contributed by atoms with Gasteiger partial charge in [0.2, 0.25) is 0 Å². The molecule has 1 heterocycles. The van der Waals surface area contributed by atoms with Gasteiger partial charge in [-0.2, -0.15) is 0 Å². The lowest BCUT2D eigenvalue weighted by Crippen LogP contribution is -2.32. The first-order chi connectivity index (χ1) is 14.6. The van der Waals surface area contributed by atoms with Gasteiger partial charge < -0.3 is 10.1 Å². The molecule has 4 rings (SSSR count). The molecule has 150 valence electrons. The zero-order valence-corrected chi connectivity index (χ0v) is 17.8. The summed E-state index contributed by atoms with van der Waals surface area (Å²) in [4.78, 5) is 27.9. The topological polar surface area (TPSA) is 58.6 Å². The zero-order chi connectivity index (χ0) is 21.1. The molecule has 0 saturated carbocycles. The number of nitrogens with one attached hydrogen (secondary N) is 1. The van der Waals surface area contributed by atoms with Crippen molar-refractivity contribution in [2.45, 2.75) is 6.92 Å². The molecule has 0 fully saturated rings. The predicted molar refractivity (Wildman–Crippen MR) is 121 cm³/mol. The molecule has 30 heavy (non-hydrogen) atoms. The van der Waals surface area contributed by atoms with Crippen molar-refractivity contribution in [3.63, 3.8) is 0 Å². The molecule has 0 atom stereocenters. The summed E-state index contributed by atoms with van der Waals surface area (Å²) in [6.45, 7) is 2.46. The predicted octanol–water partition coefficient (Wildman–Crippen LogP) is 5.24. The standard InChI is InChI=1S/C24H19BrN2O3/c1-2-30-20-13-11-16(12-14-20)21-22(26-18-8-6-7-17(25)15-18)24(29)27(23(21)28)19-9-4-3-5-10-19/h3-15,26H,2H2,1H3. The number of hydrogen-bond donors (Lipinski definition) is 1. The molecule has 0 radical (unpaired) electrons. The van der Waals surface area contributed by atoms with Gasteiger partial charge in [0.15, 0.2) is 0 Å². The molecule has 0 saturated heterocycles. The van der Waals surface area contributed by atoms with Crippen molar-refractivity contribution in [3.8, 4) is 5.75 Å². The summed E-state index contributed by atoms with van der Waals surface area (Å²) in [7, 11) is 0. The van der Waals surface area contributed by atoms with E-state index in [-0.39, 0.29) is 11.6 Å². The first kappa shape index (κ1) is 19.9. The van der Waals surface area contributed by atoms with Crippen molar-refractivity contribution in [3.05, 3.63) is 94.6 Å². The van der Waals surface area contributed by atoms with E-state index >= 15 is 0 Å². The Bertz CT molecular complexity index is 1120. The van der Waals surface area contributed by atoms with Gasteiger partial charge in [0.05, 0.1) is 17.9 Å². The minimum Gasteiger partial charge on any atom is -0.494 e. The molecule has 1 aliphatic heterocycles. The van der Waals surface area contributed by atoms with Crippen LogP contribution in [-0.4, -0.2) is 18.4 Å². The molecule has 1 N–H and O–H groups in total. The zero-order valence-electron chi connectivity index (χ0n) is 16.3. The van der Waals surface area contributed by atoms with E-state index in [0.717, 1.165) is 4.47 Å². The number of imide groups is 1. The Labute approximate surface area is 183 Å². The molecule has 1 aliphatic rings. The SMILES string of the molecule is CCOc1ccc(C2=C(Nc3cccc(Br)c3)C(=O)N(c3ccccc3)C2=O)cc1. The average Bonchev–Trinajstić information content (AvgIpc) is 2.99. The number of anilines is 2. The summed E-state index contributed by atoms with van der Waals surface area (Å²) in [5, 5.41) is 3.16. The molecule has 2 amide bonds. The van der Waals surface area contributed by atoms with Gasteiger partial charge in [0, 0.05) is 10.2 Å². The maximum atomic E-state index is 13.4. The number of ether oxygens (including phenoxy) is 1. The van der Waals surface area contributed by atoms with Gasteiger partial charge in [-0.05, 0) is 55.0 Å². The van der Waals surface area contributed by atoms with Crippen molar-refractivity contribution in [2.24, 2.45) is 0 Å². The molecule has 0 aliphatic carbocycles. The van der Waals surface area contributed by atoms with Crippen LogP contribution in [0.1, 0.15) is 12.5 Å². The number of amides is 2. The number of para-hydroxylation sites is 1. The van der Waals surface area contributed by atoms with Crippen LogP contribution < -0.4 is 15.0 Å². The van der Waals surface area contributed by atoms with Crippen LogP contribution in [0.4, 0.5) is 11.4 Å². The molecule has 3 aromatic carbocycles. The van der Waals surface area contributed by atoms with Gasteiger partial charge in [0.25, 0.3) is 11.8 Å². The Balaban J connectivity index is 1.79. The molecule has 0 spiro atoms. The lowest BCUT2D eigenvalue weighted by Gasteiger charge is -2.15. The van der Waals surface area contributed by atoms with Crippen LogP contribution in [0.5, 0.6) is 5.75 Å². The molecule has 0 bridgehead atoms. The number of hydrogen-bond acceptors (Lipinski definition) is 4. The number of carbonyl (C=O) groups excluding carboxylic acids is 2. The van der Waals surface area contributed by atoms with Crippen LogP contribution in [-0.2, 0) is 9.59 Å². The average molecular weight is 463 g/mol. The fraction of sp³-hybridized carbons (Fsp3) is 0.0833. The molecule has 6 heteroatoms. The Morgan fingerprint density at radius 1 is 0.900 bits per heavy atom. The third kappa shape index (κ3) is 3.86. The second kappa shape index (κ2) is 8.55. The second-order valence-electron chi connectivity index (χ2n) is 6.62. The van der Waals surface area contributed by atoms with E-state index in [4.69, 9.17) is 4.74 Å². The quantitative estimate of drug-likeness (QED) is 0.508. The van der Waals surface area contributed by atoms with Crippen molar-refractivity contribution in [1.29, 1.82) is 0 Å². The highest BCUT2D eigenvalue weighted by Crippen LogP contribution is 2.34. The maximum Gasteiger partial charge on any atom is 0.282 e. The van der Waals surface area contributed by atoms with Gasteiger partial charge >= 0.3 is 0 Å². The highest BCUT2D eigenvalue weighted by Gasteiger charge is 2.40. The van der Waals surface area contributed by atoms with Crippen LogP contribution in [0.3, 0.4) is 0 Å². The molecule has 0 aromatic heterocycles. The normalized spacial score (nSPS) is 13.7. The second-order valence-corrected chi connectivity index (χ2v) is 7.54. The Morgan fingerprint density at radius 2 is 1.63 bits per heavy atom. The van der Waals surface area contributed by atoms with E-state index in [0.29, 0.717) is 34.9 Å². The Kier molecular flexibility index (Phi) is 5.68. The van der Waals surface area contributed by atoms with Crippen LogP contribution in [0, 0.1) is 0 Å². The third-order valence-corrected chi connectivity index (χ3v) is 5.14. The first-order valence-electron chi connectivity index (χ1n) is 9.52. The number of benzene rings is 3. The summed E-state index contributed by atoms with van der Waals surface area (Å²) in [5.74, 6) is -0.0528. The van der Waals surface area contributed by atoms with Crippen molar-refractivity contribution < 1.29 is 14.3 Å². The number of carbonyl (C=O) groups is 2. The first-order valence-corrected chi connectivity index (χ1v) is 10.3. The fourth-order valence-corrected chi connectivity index (χ4v) is 3.72. The van der Waals surface area contributed by atoms with E-state index in [1.165, 1.54) is 4.90 Å². The van der Waals surface area contributed by atoms with Gasteiger partial charge in [0.1, 0.15) is 11.4 Å². The Hall–Kier alpha value is -3.38. The minimum atomic E-state index is -0.393. The highest BCUT2D eigenvalue weighted by molar-refractivity contribution is 9.10. The van der Waals surface area contributed by atoms with Crippen molar-refractivity contribution >= 4 is 44.7 Å². The summed E-state index contributed by atoms with van der Waals surface area (Å²) in [6, 6.07) is 23.6. The Morgan fingerprint density at radius 3 is 2.30 bits per heavy atom. The third-order valence-electron chi connectivity index (χ3n) is 4.65. The highest BCUT2D eigenvalue weighted by atomic mass is 79.9. The minimum absolute atomic E-state index is 0.242. The molecule has 0 unspecified atom stereocenters.